The number of fused-ring (bicyclic) bond motifs is 1. The van der Waals surface area contributed by atoms with Crippen LogP contribution in [0.4, 0.5) is 5.95 Å². The summed E-state index contributed by atoms with van der Waals surface area (Å²) in [6.45, 7) is 0.625. The number of hydrogen-bond donors (Lipinski definition) is 4. The third-order valence-corrected chi connectivity index (χ3v) is 3.34. The van der Waals surface area contributed by atoms with Gasteiger partial charge in [0, 0.05) is 6.04 Å². The van der Waals surface area contributed by atoms with Crippen LogP contribution in [0, 0.1) is 0 Å². The van der Waals surface area contributed by atoms with Crippen molar-refractivity contribution >= 4 is 17.1 Å². The highest BCUT2D eigenvalue weighted by atomic mass is 16.1. The average Bonchev–Trinajstić information content (AvgIpc) is 2.93. The van der Waals surface area contributed by atoms with Crippen LogP contribution in [0.2, 0.25) is 0 Å². The quantitative estimate of drug-likeness (QED) is 0.622. The Kier molecular flexibility index (Phi) is 2.75. The number of nitrogens with zero attached hydrogens (tertiary/aromatic N) is 2. The number of imidazole rings is 1. The predicted molar refractivity (Wildman–Crippen MR) is 68.0 cm³/mol. The largest absolute Gasteiger partial charge is 0.369 e. The minimum absolute atomic E-state index is 0.0919. The van der Waals surface area contributed by atoms with Gasteiger partial charge in [-0.3, -0.25) is 9.78 Å². The standard InChI is InChI=1S/C11H16N6O/c12-11-16-9-8(10(18)17-11)14-7(15-9)5-13-6-3-1-2-4-6/h6,13H,1-5H2,(H4,12,14,15,16,17,18). The molecule has 5 N–H and O–H groups in total. The molecule has 2 aromatic heterocycles. The zero-order valence-electron chi connectivity index (χ0n) is 9.99. The highest BCUT2D eigenvalue weighted by Crippen LogP contribution is 2.17. The van der Waals surface area contributed by atoms with Gasteiger partial charge in [0.05, 0.1) is 6.54 Å². The van der Waals surface area contributed by atoms with Crippen LogP contribution in [0.5, 0.6) is 0 Å². The molecular formula is C11H16N6O. The number of aromatic amines is 2. The maximum Gasteiger partial charge on any atom is 0.278 e. The Morgan fingerprint density at radius 3 is 2.83 bits per heavy atom. The Bertz CT molecular complexity index is 610. The van der Waals surface area contributed by atoms with E-state index in [0.29, 0.717) is 23.8 Å². The van der Waals surface area contributed by atoms with Gasteiger partial charge in [-0.1, -0.05) is 12.8 Å². The van der Waals surface area contributed by atoms with Crippen molar-refractivity contribution in [3.63, 3.8) is 0 Å². The molecule has 0 atom stereocenters. The van der Waals surface area contributed by atoms with Crippen molar-refractivity contribution in [1.82, 2.24) is 25.3 Å². The summed E-state index contributed by atoms with van der Waals surface area (Å²) < 4.78 is 0. The first-order chi connectivity index (χ1) is 8.72. The molecule has 0 radical (unpaired) electrons. The number of nitrogens with two attached hydrogens (primary N) is 1. The van der Waals surface area contributed by atoms with E-state index in [9.17, 15) is 4.79 Å². The highest BCUT2D eigenvalue weighted by molar-refractivity contribution is 5.70. The summed E-state index contributed by atoms with van der Waals surface area (Å²) in [6, 6.07) is 0.564. The lowest BCUT2D eigenvalue weighted by Gasteiger charge is -2.09. The first-order valence-electron chi connectivity index (χ1n) is 6.20. The molecule has 0 unspecified atom stereocenters. The van der Waals surface area contributed by atoms with Crippen LogP contribution < -0.4 is 16.6 Å². The molecule has 1 aliphatic rings. The fourth-order valence-corrected chi connectivity index (χ4v) is 2.43. The van der Waals surface area contributed by atoms with E-state index in [1.165, 1.54) is 25.7 Å². The highest BCUT2D eigenvalue weighted by Gasteiger charge is 2.15. The van der Waals surface area contributed by atoms with Crippen LogP contribution in [-0.2, 0) is 6.54 Å². The molecule has 0 aromatic carbocycles. The zero-order chi connectivity index (χ0) is 12.5. The van der Waals surface area contributed by atoms with Crippen molar-refractivity contribution in [2.45, 2.75) is 38.3 Å². The van der Waals surface area contributed by atoms with Crippen molar-refractivity contribution in [3.8, 4) is 0 Å². The molecule has 0 bridgehead atoms. The second-order valence-corrected chi connectivity index (χ2v) is 4.70. The molecule has 96 valence electrons. The summed E-state index contributed by atoms with van der Waals surface area (Å²) in [5, 5.41) is 3.43. The Morgan fingerprint density at radius 2 is 2.06 bits per heavy atom. The van der Waals surface area contributed by atoms with E-state index >= 15 is 0 Å². The molecule has 18 heavy (non-hydrogen) atoms. The number of H-pyrrole nitrogens is 2. The van der Waals surface area contributed by atoms with Gasteiger partial charge in [0.25, 0.3) is 5.56 Å². The summed E-state index contributed by atoms with van der Waals surface area (Å²) in [6.07, 6.45) is 5.00. The molecule has 2 aromatic rings. The number of aromatic nitrogens is 4. The van der Waals surface area contributed by atoms with Gasteiger partial charge in [0.15, 0.2) is 11.2 Å². The fraction of sp³-hybridized carbons (Fsp3) is 0.545. The van der Waals surface area contributed by atoms with Crippen LogP contribution in [-0.4, -0.2) is 26.0 Å². The third-order valence-electron chi connectivity index (χ3n) is 3.34. The summed E-state index contributed by atoms with van der Waals surface area (Å²) in [4.78, 5) is 25.3. The first kappa shape index (κ1) is 11.2. The summed E-state index contributed by atoms with van der Waals surface area (Å²) >= 11 is 0. The SMILES string of the molecule is Nc1nc2nc(CNC3CCCC3)[nH]c2c(=O)[nH]1. The van der Waals surface area contributed by atoms with Crippen molar-refractivity contribution in [2.75, 3.05) is 5.73 Å². The Morgan fingerprint density at radius 1 is 1.28 bits per heavy atom. The van der Waals surface area contributed by atoms with Gasteiger partial charge in [-0.2, -0.15) is 4.98 Å². The monoisotopic (exact) mass is 248 g/mol. The van der Waals surface area contributed by atoms with Crippen LogP contribution in [0.1, 0.15) is 31.5 Å². The van der Waals surface area contributed by atoms with Gasteiger partial charge >= 0.3 is 0 Å². The maximum atomic E-state index is 11.6. The number of hydrogen-bond acceptors (Lipinski definition) is 5. The minimum Gasteiger partial charge on any atom is -0.369 e. The second-order valence-electron chi connectivity index (χ2n) is 4.70. The summed E-state index contributed by atoms with van der Waals surface area (Å²) in [5.41, 5.74) is 5.95. The summed E-state index contributed by atoms with van der Waals surface area (Å²) in [7, 11) is 0. The lowest BCUT2D eigenvalue weighted by atomic mass is 10.2. The number of nitrogens with one attached hydrogen (secondary N) is 3. The number of nitrogen functional groups attached to an aromatic ring is 1. The minimum atomic E-state index is -0.280. The van der Waals surface area contributed by atoms with E-state index in [-0.39, 0.29) is 11.5 Å². The molecule has 7 nitrogen and oxygen atoms in total. The lowest BCUT2D eigenvalue weighted by Crippen LogP contribution is -2.25. The Balaban J connectivity index is 1.80. The topological polar surface area (TPSA) is 112 Å². The van der Waals surface area contributed by atoms with Crippen LogP contribution in [0.25, 0.3) is 11.2 Å². The number of rotatable bonds is 3. The molecular weight excluding hydrogens is 232 g/mol. The predicted octanol–water partition coefficient (Wildman–Crippen LogP) is 0.261. The molecule has 1 aliphatic carbocycles. The zero-order valence-corrected chi connectivity index (χ0v) is 9.99. The molecule has 0 saturated heterocycles. The Labute approximate surface area is 103 Å². The van der Waals surface area contributed by atoms with Gasteiger partial charge < -0.3 is 16.0 Å². The molecule has 7 heteroatoms. The lowest BCUT2D eigenvalue weighted by molar-refractivity contribution is 0.516. The second kappa shape index (κ2) is 4.41. The Hall–Kier alpha value is -1.89. The molecule has 2 heterocycles. The van der Waals surface area contributed by atoms with Crippen molar-refractivity contribution in [1.29, 1.82) is 0 Å². The number of anilines is 1. The van der Waals surface area contributed by atoms with Crippen molar-refractivity contribution in [3.05, 3.63) is 16.2 Å². The third kappa shape index (κ3) is 2.08. The van der Waals surface area contributed by atoms with Gasteiger partial charge in [0.2, 0.25) is 5.95 Å². The van der Waals surface area contributed by atoms with Crippen LogP contribution in [0.15, 0.2) is 4.79 Å². The van der Waals surface area contributed by atoms with E-state index in [2.05, 4.69) is 25.3 Å². The molecule has 0 spiro atoms. The normalized spacial score (nSPS) is 16.7. The van der Waals surface area contributed by atoms with E-state index in [0.717, 1.165) is 5.82 Å². The molecule has 0 aliphatic heterocycles. The average molecular weight is 248 g/mol. The van der Waals surface area contributed by atoms with Gasteiger partial charge in [-0.15, -0.1) is 0 Å². The smallest absolute Gasteiger partial charge is 0.278 e. The first-order valence-corrected chi connectivity index (χ1v) is 6.20. The van der Waals surface area contributed by atoms with Crippen LogP contribution in [0.3, 0.4) is 0 Å². The fourth-order valence-electron chi connectivity index (χ4n) is 2.43. The molecule has 1 saturated carbocycles. The van der Waals surface area contributed by atoms with Gasteiger partial charge in [0.1, 0.15) is 5.82 Å². The van der Waals surface area contributed by atoms with Crippen LogP contribution >= 0.6 is 0 Å². The van der Waals surface area contributed by atoms with Crippen molar-refractivity contribution < 1.29 is 0 Å². The van der Waals surface area contributed by atoms with E-state index in [4.69, 9.17) is 5.73 Å². The van der Waals surface area contributed by atoms with E-state index < -0.39 is 0 Å². The van der Waals surface area contributed by atoms with E-state index in [1.54, 1.807) is 0 Å². The molecule has 0 amide bonds. The van der Waals surface area contributed by atoms with Gasteiger partial charge in [-0.05, 0) is 12.8 Å². The maximum absolute atomic E-state index is 11.6. The van der Waals surface area contributed by atoms with E-state index in [1.807, 2.05) is 0 Å². The molecule has 3 rings (SSSR count). The molecule has 1 fully saturated rings. The van der Waals surface area contributed by atoms with Crippen molar-refractivity contribution in [2.24, 2.45) is 0 Å². The van der Waals surface area contributed by atoms with Gasteiger partial charge in [-0.25, -0.2) is 4.98 Å². The summed E-state index contributed by atoms with van der Waals surface area (Å²) in [5.74, 6) is 0.815.